The summed E-state index contributed by atoms with van der Waals surface area (Å²) in [6.45, 7) is 6.65. The highest BCUT2D eigenvalue weighted by Gasteiger charge is 2.23. The van der Waals surface area contributed by atoms with E-state index in [1.807, 2.05) is 37.3 Å². The number of thiophene rings is 1. The lowest BCUT2D eigenvalue weighted by Crippen LogP contribution is -2.36. The van der Waals surface area contributed by atoms with E-state index in [1.165, 1.54) is 0 Å². The number of hydrogen-bond donors (Lipinski definition) is 1. The van der Waals surface area contributed by atoms with Gasteiger partial charge in [0.1, 0.15) is 28.9 Å². The van der Waals surface area contributed by atoms with E-state index in [0.29, 0.717) is 47.1 Å². The van der Waals surface area contributed by atoms with Gasteiger partial charge in [0.15, 0.2) is 0 Å². The number of benzene rings is 1. The van der Waals surface area contributed by atoms with Crippen molar-refractivity contribution in [1.29, 1.82) is 5.26 Å². The molecule has 1 saturated heterocycles. The molecule has 4 heterocycles. The molecule has 4 aromatic rings. The Hall–Kier alpha value is -4.20. The predicted molar refractivity (Wildman–Crippen MR) is 138 cm³/mol. The van der Waals surface area contributed by atoms with Crippen molar-refractivity contribution in [3.8, 4) is 34.3 Å². The van der Waals surface area contributed by atoms with Crippen LogP contribution in [0.1, 0.15) is 32.3 Å². The number of carbonyl (C=O) groups is 1. The molecule has 0 aliphatic carbocycles. The first-order valence-electron chi connectivity index (χ1n) is 11.7. The number of nitriles is 1. The first kappa shape index (κ1) is 24.5. The van der Waals surface area contributed by atoms with Crippen LogP contribution in [-0.4, -0.2) is 47.5 Å². The Morgan fingerprint density at radius 1 is 1.22 bits per heavy atom. The highest BCUT2D eigenvalue weighted by molar-refractivity contribution is 7.12. The topological polar surface area (TPSA) is 122 Å². The zero-order valence-electron chi connectivity index (χ0n) is 20.4. The molecule has 0 amide bonds. The molecule has 0 radical (unpaired) electrons. The number of rotatable bonds is 7. The Morgan fingerprint density at radius 3 is 2.62 bits per heavy atom. The summed E-state index contributed by atoms with van der Waals surface area (Å²) in [7, 11) is 0. The summed E-state index contributed by atoms with van der Waals surface area (Å²) < 4.78 is 16.8. The summed E-state index contributed by atoms with van der Waals surface area (Å²) in [4.78, 5) is 18.7. The number of aromatic nitrogens is 2. The van der Waals surface area contributed by atoms with E-state index >= 15 is 0 Å². The molecule has 1 fully saturated rings. The molecule has 188 valence electrons. The Kier molecular flexibility index (Phi) is 6.90. The largest absolute Gasteiger partial charge is 0.477 e. The maximum absolute atomic E-state index is 11.5. The van der Waals surface area contributed by atoms with Gasteiger partial charge in [-0.05, 0) is 43.5 Å². The summed E-state index contributed by atoms with van der Waals surface area (Å²) >= 11 is 1.12. The van der Waals surface area contributed by atoms with Gasteiger partial charge in [-0.3, -0.25) is 0 Å². The fourth-order valence-electron chi connectivity index (χ4n) is 4.39. The van der Waals surface area contributed by atoms with E-state index in [0.717, 1.165) is 35.7 Å². The molecule has 10 heteroatoms. The van der Waals surface area contributed by atoms with E-state index in [9.17, 15) is 15.2 Å². The summed E-state index contributed by atoms with van der Waals surface area (Å²) in [5.74, 6) is -0.326. The molecule has 0 spiro atoms. The van der Waals surface area contributed by atoms with E-state index in [4.69, 9.17) is 14.0 Å². The van der Waals surface area contributed by atoms with E-state index in [1.54, 1.807) is 18.4 Å². The third-order valence-corrected chi connectivity index (χ3v) is 7.19. The second kappa shape index (κ2) is 10.4. The minimum Gasteiger partial charge on any atom is -0.477 e. The van der Waals surface area contributed by atoms with Gasteiger partial charge in [0, 0.05) is 41.0 Å². The van der Waals surface area contributed by atoms with Gasteiger partial charge in [-0.2, -0.15) is 5.26 Å². The number of ether oxygens (including phenoxy) is 2. The summed E-state index contributed by atoms with van der Waals surface area (Å²) in [6, 6.07) is 13.8. The zero-order valence-corrected chi connectivity index (χ0v) is 21.2. The average Bonchev–Trinajstić information content (AvgIpc) is 3.53. The smallest absolute Gasteiger partial charge is 0.346 e. The molecular formula is C27H24N4O5S. The van der Waals surface area contributed by atoms with Crippen LogP contribution in [0.5, 0.6) is 5.88 Å². The molecule has 3 aromatic heterocycles. The van der Waals surface area contributed by atoms with Crippen LogP contribution in [0.4, 0.5) is 5.69 Å². The first-order valence-corrected chi connectivity index (χ1v) is 12.6. The minimum absolute atomic E-state index is 0.0344. The van der Waals surface area contributed by atoms with Crippen molar-refractivity contribution >= 4 is 23.0 Å². The van der Waals surface area contributed by atoms with E-state index < -0.39 is 5.97 Å². The first-order chi connectivity index (χ1) is 18.0. The highest BCUT2D eigenvalue weighted by atomic mass is 32.1. The number of anilines is 1. The van der Waals surface area contributed by atoms with Gasteiger partial charge in [-0.15, -0.1) is 11.3 Å². The highest BCUT2D eigenvalue weighted by Crippen LogP contribution is 2.37. The molecule has 0 bridgehead atoms. The van der Waals surface area contributed by atoms with Gasteiger partial charge < -0.3 is 24.0 Å². The van der Waals surface area contributed by atoms with Crippen molar-refractivity contribution in [1.82, 2.24) is 10.1 Å². The molecule has 0 unspecified atom stereocenters. The van der Waals surface area contributed by atoms with Crippen molar-refractivity contribution in [2.75, 3.05) is 31.2 Å². The van der Waals surface area contributed by atoms with Gasteiger partial charge in [-0.25, -0.2) is 9.78 Å². The lowest BCUT2D eigenvalue weighted by atomic mass is 9.97. The van der Waals surface area contributed by atoms with Crippen molar-refractivity contribution in [3.63, 3.8) is 0 Å². The Morgan fingerprint density at radius 2 is 1.97 bits per heavy atom. The fraction of sp³-hybridized carbons (Fsp3) is 0.259. The lowest BCUT2D eigenvalue weighted by molar-refractivity contribution is 0.0699. The van der Waals surface area contributed by atoms with Gasteiger partial charge in [0.25, 0.3) is 0 Å². The minimum atomic E-state index is -1.02. The van der Waals surface area contributed by atoms with E-state index in [2.05, 4.69) is 21.1 Å². The van der Waals surface area contributed by atoms with Crippen molar-refractivity contribution in [3.05, 3.63) is 69.2 Å². The lowest BCUT2D eigenvalue weighted by Gasteiger charge is -2.28. The number of hydrogen-bond acceptors (Lipinski definition) is 9. The zero-order chi connectivity index (χ0) is 25.9. The number of nitrogens with zero attached hydrogens (tertiary/aromatic N) is 4. The van der Waals surface area contributed by atoms with Gasteiger partial charge in [0.2, 0.25) is 5.88 Å². The number of pyridine rings is 1. The predicted octanol–water partition coefficient (Wildman–Crippen LogP) is 5.07. The maximum Gasteiger partial charge on any atom is 0.346 e. The molecule has 5 rings (SSSR count). The van der Waals surface area contributed by atoms with Crippen LogP contribution in [-0.2, 0) is 11.3 Å². The SMILES string of the molecule is Cc1noc(C)c1-c1cc(-c2ccc(N3CCOCC3)cc2)nc(OCc2ccsc2C(=O)O)c1C#N. The van der Waals surface area contributed by atoms with Crippen LogP contribution in [0.15, 0.2) is 46.3 Å². The van der Waals surface area contributed by atoms with E-state index in [-0.39, 0.29) is 22.9 Å². The molecular weight excluding hydrogens is 492 g/mol. The summed E-state index contributed by atoms with van der Waals surface area (Å²) in [6.07, 6.45) is 0. The number of carboxylic acids is 1. The third kappa shape index (κ3) is 4.91. The normalized spacial score (nSPS) is 13.4. The van der Waals surface area contributed by atoms with Crippen LogP contribution in [0.2, 0.25) is 0 Å². The summed E-state index contributed by atoms with van der Waals surface area (Å²) in [5.41, 5.74) is 5.25. The molecule has 0 saturated carbocycles. The van der Waals surface area contributed by atoms with Gasteiger partial charge in [-0.1, -0.05) is 17.3 Å². The Labute approximate surface area is 217 Å². The van der Waals surface area contributed by atoms with Gasteiger partial charge >= 0.3 is 5.97 Å². The van der Waals surface area contributed by atoms with Crippen LogP contribution in [0.3, 0.4) is 0 Å². The van der Waals surface area contributed by atoms with Crippen LogP contribution in [0.25, 0.3) is 22.4 Å². The molecule has 1 aliphatic heterocycles. The monoisotopic (exact) mass is 516 g/mol. The number of morpholine rings is 1. The molecule has 0 atom stereocenters. The van der Waals surface area contributed by atoms with Crippen LogP contribution < -0.4 is 9.64 Å². The van der Waals surface area contributed by atoms with Crippen LogP contribution >= 0.6 is 11.3 Å². The maximum atomic E-state index is 11.5. The quantitative estimate of drug-likeness (QED) is 0.359. The summed E-state index contributed by atoms with van der Waals surface area (Å²) in [5, 5.41) is 25.3. The van der Waals surface area contributed by atoms with Crippen molar-refractivity contribution in [2.24, 2.45) is 0 Å². The fourth-order valence-corrected chi connectivity index (χ4v) is 5.14. The van der Waals surface area contributed by atoms with Gasteiger partial charge in [0.05, 0.1) is 24.6 Å². The molecule has 37 heavy (non-hydrogen) atoms. The standard InChI is InChI=1S/C27H24N4O5S/c1-16-24(17(2)36-30-16)21-13-23(18-3-5-20(6-4-18)31-8-10-34-11-9-31)29-26(22(21)14-28)35-15-19-7-12-37-25(19)27(32)33/h3-7,12-13H,8-11,15H2,1-2H3,(H,32,33). The number of carboxylic acid groups (broad SMARTS) is 1. The van der Waals surface area contributed by atoms with Crippen molar-refractivity contribution < 1.29 is 23.9 Å². The number of aryl methyl sites for hydroxylation is 2. The molecule has 9 nitrogen and oxygen atoms in total. The number of aromatic carboxylic acids is 1. The molecule has 1 aliphatic rings. The Balaban J connectivity index is 1.56. The van der Waals surface area contributed by atoms with Crippen molar-refractivity contribution in [2.45, 2.75) is 20.5 Å². The second-order valence-corrected chi connectivity index (χ2v) is 9.48. The average molecular weight is 517 g/mol. The Bertz CT molecular complexity index is 1460. The molecule has 1 aromatic carbocycles. The van der Waals surface area contributed by atoms with Crippen LogP contribution in [0, 0.1) is 25.2 Å². The molecule has 1 N–H and O–H groups in total. The second-order valence-electron chi connectivity index (χ2n) is 8.56. The third-order valence-electron chi connectivity index (χ3n) is 6.25.